The van der Waals surface area contributed by atoms with Crippen molar-refractivity contribution in [3.63, 3.8) is 0 Å². The molecule has 0 aromatic carbocycles. The van der Waals surface area contributed by atoms with E-state index in [1.54, 1.807) is 5.57 Å². The van der Waals surface area contributed by atoms with Gasteiger partial charge >= 0.3 is 5.97 Å². The summed E-state index contributed by atoms with van der Waals surface area (Å²) in [5, 5.41) is 0. The first-order valence-electron chi connectivity index (χ1n) is 23.4. The Kier molecular flexibility index (Phi) is 16.1. The number of hydrogen-bond acceptors (Lipinski definition) is 3. The summed E-state index contributed by atoms with van der Waals surface area (Å²) in [5.41, 5.74) is 5.29. The van der Waals surface area contributed by atoms with E-state index in [9.17, 15) is 4.79 Å². The highest BCUT2D eigenvalue weighted by molar-refractivity contribution is 5.69. The van der Waals surface area contributed by atoms with Gasteiger partial charge in [0.05, 0.1) is 0 Å². The first-order valence-corrected chi connectivity index (χ1v) is 23.4. The number of fused-ring (bicyclic) bond motifs is 5. The molecule has 0 spiro atoms. The number of aryl methyl sites for hydroxylation is 2. The summed E-state index contributed by atoms with van der Waals surface area (Å²) in [6, 6.07) is 0. The van der Waals surface area contributed by atoms with Crippen LogP contribution in [-0.2, 0) is 22.4 Å². The predicted molar refractivity (Wildman–Crippen MR) is 224 cm³/mol. The lowest BCUT2D eigenvalue weighted by Gasteiger charge is -2.58. The Balaban J connectivity index is 0.936. The van der Waals surface area contributed by atoms with Crippen molar-refractivity contribution in [3.8, 4) is 0 Å². The molecule has 0 amide bonds. The van der Waals surface area contributed by atoms with Crippen LogP contribution in [0.4, 0.5) is 0 Å². The van der Waals surface area contributed by atoms with Crippen LogP contribution in [0.3, 0.4) is 0 Å². The number of carbonyl (C=O) groups excluding carboxylic acids is 1. The van der Waals surface area contributed by atoms with Crippen molar-refractivity contribution in [3.05, 3.63) is 34.3 Å². The topological polar surface area (TPSA) is 39.4 Å². The number of unbranched alkanes of at least 4 members (excludes halogenated alkanes) is 10. The normalized spacial score (nSPS) is 30.1. The van der Waals surface area contributed by atoms with Crippen molar-refractivity contribution in [2.75, 3.05) is 0 Å². The molecule has 4 aliphatic carbocycles. The van der Waals surface area contributed by atoms with Crippen LogP contribution < -0.4 is 0 Å². The molecule has 0 N–H and O–H groups in total. The highest BCUT2D eigenvalue weighted by Crippen LogP contribution is 2.67. The van der Waals surface area contributed by atoms with Crippen LogP contribution in [0.5, 0.6) is 0 Å². The van der Waals surface area contributed by atoms with Crippen LogP contribution in [0.25, 0.3) is 0 Å². The Morgan fingerprint density at radius 3 is 2.08 bits per heavy atom. The molecule has 0 saturated heterocycles. The number of furan rings is 1. The summed E-state index contributed by atoms with van der Waals surface area (Å²) in [5.74, 6) is 7.75. The van der Waals surface area contributed by atoms with E-state index in [0.29, 0.717) is 17.3 Å². The van der Waals surface area contributed by atoms with Crippen LogP contribution in [0.15, 0.2) is 16.1 Å². The zero-order chi connectivity index (χ0) is 38.0. The highest BCUT2D eigenvalue weighted by atomic mass is 16.5. The summed E-state index contributed by atoms with van der Waals surface area (Å²) in [6.07, 6.45) is 35.0. The van der Waals surface area contributed by atoms with E-state index in [1.807, 2.05) is 0 Å². The van der Waals surface area contributed by atoms with Gasteiger partial charge in [-0.3, -0.25) is 4.79 Å². The fraction of sp³-hybridized carbons (Fsp3) is 0.860. The molecule has 3 saturated carbocycles. The molecule has 0 radical (unpaired) electrons. The predicted octanol–water partition coefficient (Wildman–Crippen LogP) is 15.0. The maximum absolute atomic E-state index is 12.9. The molecule has 8 unspecified atom stereocenters. The van der Waals surface area contributed by atoms with Crippen LogP contribution in [0.2, 0.25) is 0 Å². The smallest absolute Gasteiger partial charge is 0.306 e. The minimum Gasteiger partial charge on any atom is -0.466 e. The molecule has 1 aromatic rings. The van der Waals surface area contributed by atoms with Crippen molar-refractivity contribution in [2.45, 2.75) is 228 Å². The van der Waals surface area contributed by atoms with Crippen LogP contribution in [-0.4, -0.2) is 12.1 Å². The van der Waals surface area contributed by atoms with Crippen molar-refractivity contribution < 1.29 is 13.9 Å². The lowest BCUT2D eigenvalue weighted by molar-refractivity contribution is -0.151. The third-order valence-corrected chi connectivity index (χ3v) is 16.0. The van der Waals surface area contributed by atoms with Crippen molar-refractivity contribution in [2.24, 2.45) is 46.3 Å². The summed E-state index contributed by atoms with van der Waals surface area (Å²) < 4.78 is 12.4. The summed E-state index contributed by atoms with van der Waals surface area (Å²) >= 11 is 0. The lowest BCUT2D eigenvalue weighted by atomic mass is 9.47. The fourth-order valence-corrected chi connectivity index (χ4v) is 12.5. The van der Waals surface area contributed by atoms with Gasteiger partial charge in [-0.05, 0) is 136 Å². The van der Waals surface area contributed by atoms with Gasteiger partial charge in [0, 0.05) is 25.7 Å². The van der Waals surface area contributed by atoms with Gasteiger partial charge in [0.2, 0.25) is 0 Å². The average molecular weight is 733 g/mol. The van der Waals surface area contributed by atoms with E-state index in [2.05, 4.69) is 61.5 Å². The number of esters is 1. The maximum atomic E-state index is 12.9. The van der Waals surface area contributed by atoms with Crippen molar-refractivity contribution >= 4 is 5.97 Å². The van der Waals surface area contributed by atoms with E-state index in [4.69, 9.17) is 9.15 Å². The second kappa shape index (κ2) is 20.1. The molecule has 1 aromatic heterocycles. The molecule has 4 aliphatic rings. The molecule has 0 bridgehead atoms. The molecular weight excluding hydrogens is 649 g/mol. The third-order valence-electron chi connectivity index (χ3n) is 16.0. The number of hydrogen-bond donors (Lipinski definition) is 0. The quantitative estimate of drug-likeness (QED) is 0.0677. The maximum Gasteiger partial charge on any atom is 0.306 e. The first-order chi connectivity index (χ1) is 25.5. The van der Waals surface area contributed by atoms with E-state index in [-0.39, 0.29) is 12.1 Å². The highest BCUT2D eigenvalue weighted by Gasteiger charge is 2.59. The Bertz CT molecular complexity index is 1300. The van der Waals surface area contributed by atoms with Crippen LogP contribution >= 0.6 is 0 Å². The Labute approximate surface area is 328 Å². The molecule has 5 rings (SSSR count). The van der Waals surface area contributed by atoms with Crippen molar-refractivity contribution in [1.82, 2.24) is 0 Å². The Morgan fingerprint density at radius 2 is 1.42 bits per heavy atom. The molecule has 53 heavy (non-hydrogen) atoms. The molecule has 1 heterocycles. The van der Waals surface area contributed by atoms with E-state index >= 15 is 0 Å². The van der Waals surface area contributed by atoms with E-state index < -0.39 is 0 Å². The first kappa shape index (κ1) is 42.6. The van der Waals surface area contributed by atoms with Crippen molar-refractivity contribution in [1.29, 1.82) is 0 Å². The second-order valence-electron chi connectivity index (χ2n) is 20.0. The molecule has 3 nitrogen and oxygen atoms in total. The summed E-state index contributed by atoms with van der Waals surface area (Å²) in [7, 11) is 0. The fourth-order valence-electron chi connectivity index (χ4n) is 12.5. The number of rotatable bonds is 22. The molecular formula is C50H84O3. The number of allylic oxidation sites excluding steroid dienone is 1. The molecule has 3 fully saturated rings. The van der Waals surface area contributed by atoms with Gasteiger partial charge < -0.3 is 9.15 Å². The molecule has 0 aliphatic heterocycles. The van der Waals surface area contributed by atoms with Gasteiger partial charge in [-0.15, -0.1) is 0 Å². The number of ether oxygens (including phenoxy) is 1. The zero-order valence-corrected chi connectivity index (χ0v) is 36.2. The Hall–Kier alpha value is -1.51. The minimum absolute atomic E-state index is 0.0518. The average Bonchev–Trinajstić information content (AvgIpc) is 3.62. The largest absolute Gasteiger partial charge is 0.466 e. The van der Waals surface area contributed by atoms with E-state index in [1.165, 1.54) is 145 Å². The summed E-state index contributed by atoms with van der Waals surface area (Å²) in [4.78, 5) is 12.9. The standard InChI is InChI=1S/C50H84O3/c1-9-10-18-24-46-38(5)39(6)47(53-46)25-19-16-14-12-11-13-15-17-20-26-48(51)52-41-31-33-49(7)40(35-41)27-28-42-44-30-29-43(37(4)23-21-22-36(2)3)50(44,8)34-32-45(42)49/h27,36-37,41-45H,9-26,28-35H2,1-8H3. The van der Waals surface area contributed by atoms with Crippen LogP contribution in [0.1, 0.15) is 218 Å². The van der Waals surface area contributed by atoms with Gasteiger partial charge in [-0.25, -0.2) is 0 Å². The van der Waals surface area contributed by atoms with Gasteiger partial charge in [0.15, 0.2) is 0 Å². The Morgan fingerprint density at radius 1 is 0.774 bits per heavy atom. The second-order valence-corrected chi connectivity index (χ2v) is 20.0. The lowest BCUT2D eigenvalue weighted by Crippen LogP contribution is -2.51. The monoisotopic (exact) mass is 733 g/mol. The molecule has 8 atom stereocenters. The number of carbonyl (C=O) groups is 1. The minimum atomic E-state index is 0.0518. The zero-order valence-electron chi connectivity index (χ0n) is 36.2. The summed E-state index contributed by atoms with van der Waals surface area (Å²) in [6.45, 7) is 19.4. The van der Waals surface area contributed by atoms with E-state index in [0.717, 1.165) is 74.0 Å². The molecule has 302 valence electrons. The van der Waals surface area contributed by atoms with Gasteiger partial charge in [0.1, 0.15) is 17.6 Å². The van der Waals surface area contributed by atoms with Gasteiger partial charge in [0.25, 0.3) is 0 Å². The van der Waals surface area contributed by atoms with Gasteiger partial charge in [-0.1, -0.05) is 130 Å². The molecule has 3 heteroatoms. The third kappa shape index (κ3) is 10.7. The SMILES string of the molecule is CCCCCc1oc(CCCCCCCCCCCC(=O)OC2CCC3(C)C(=CCC4C3CCC3(C)C(C(C)CCCC(C)C)CCC43)C2)c(C)c1C. The van der Waals surface area contributed by atoms with Gasteiger partial charge in [-0.2, -0.15) is 0 Å². The van der Waals surface area contributed by atoms with Crippen LogP contribution in [0, 0.1) is 60.2 Å².